The Kier molecular flexibility index (Phi) is 9.02. The van der Waals surface area contributed by atoms with Gasteiger partial charge in [0.1, 0.15) is 23.3 Å². The van der Waals surface area contributed by atoms with Crippen LogP contribution in [0.3, 0.4) is 0 Å². The number of benzene rings is 3. The summed E-state index contributed by atoms with van der Waals surface area (Å²) in [5.41, 5.74) is 3.15. The zero-order valence-corrected chi connectivity index (χ0v) is 24.2. The smallest absolute Gasteiger partial charge is 0.200 e. The number of nitrogens with zero attached hydrogens (tertiary/aromatic N) is 2. The number of rotatable bonds is 10. The number of piperidine rings is 1. The average Bonchev–Trinajstić information content (AvgIpc) is 2.97. The lowest BCUT2D eigenvalue weighted by atomic mass is 10.0. The van der Waals surface area contributed by atoms with Gasteiger partial charge in [0.15, 0.2) is 5.43 Å². The molecule has 0 atom stereocenters. The molecule has 3 aromatic carbocycles. The van der Waals surface area contributed by atoms with Gasteiger partial charge in [0.2, 0.25) is 0 Å². The lowest BCUT2D eigenvalue weighted by Gasteiger charge is -2.37. The van der Waals surface area contributed by atoms with Crippen molar-refractivity contribution in [1.29, 1.82) is 0 Å². The molecule has 7 heteroatoms. The Labute approximate surface area is 238 Å². The van der Waals surface area contributed by atoms with Crippen LogP contribution in [-0.4, -0.2) is 56.2 Å². The number of halogens is 1. The molecular weight excluding hydrogens is 556 g/mol. The van der Waals surface area contributed by atoms with Crippen LogP contribution in [0, 0.1) is 0 Å². The van der Waals surface area contributed by atoms with Crippen molar-refractivity contribution in [2.24, 2.45) is 0 Å². The molecule has 0 aliphatic carbocycles. The SMILES string of the molecule is COc1ccc(-c2coc3cc(OCCCN(C)C4CCN(Cc5ccccc5Br)CC4)ccc3c2=O)cc1. The molecule has 0 bridgehead atoms. The topological polar surface area (TPSA) is 55.2 Å². The predicted octanol–water partition coefficient (Wildman–Crippen LogP) is 6.60. The van der Waals surface area contributed by atoms with Crippen molar-refractivity contribution < 1.29 is 13.9 Å². The van der Waals surface area contributed by atoms with Crippen molar-refractivity contribution in [2.45, 2.75) is 31.8 Å². The third-order valence-corrected chi connectivity index (χ3v) is 8.38. The molecule has 0 radical (unpaired) electrons. The second kappa shape index (κ2) is 12.8. The molecule has 204 valence electrons. The fourth-order valence-corrected chi connectivity index (χ4v) is 5.65. The molecule has 0 spiro atoms. The summed E-state index contributed by atoms with van der Waals surface area (Å²) in [5, 5.41) is 0.543. The predicted molar refractivity (Wildman–Crippen MR) is 160 cm³/mol. The Bertz CT molecular complexity index is 1450. The van der Waals surface area contributed by atoms with Crippen LogP contribution in [0.2, 0.25) is 0 Å². The number of methoxy groups -OCH3 is 1. The van der Waals surface area contributed by atoms with Crippen molar-refractivity contribution in [1.82, 2.24) is 9.80 Å². The first-order valence-corrected chi connectivity index (χ1v) is 14.3. The third-order valence-electron chi connectivity index (χ3n) is 7.60. The van der Waals surface area contributed by atoms with Crippen molar-refractivity contribution in [3.8, 4) is 22.6 Å². The van der Waals surface area contributed by atoms with Gasteiger partial charge in [-0.3, -0.25) is 9.69 Å². The highest BCUT2D eigenvalue weighted by molar-refractivity contribution is 9.10. The molecule has 0 unspecified atom stereocenters. The maximum Gasteiger partial charge on any atom is 0.200 e. The Hall–Kier alpha value is -3.13. The van der Waals surface area contributed by atoms with Crippen LogP contribution in [0.4, 0.5) is 0 Å². The van der Waals surface area contributed by atoms with Gasteiger partial charge in [-0.15, -0.1) is 0 Å². The zero-order chi connectivity index (χ0) is 27.2. The van der Waals surface area contributed by atoms with E-state index in [2.05, 4.69) is 57.0 Å². The lowest BCUT2D eigenvalue weighted by Crippen LogP contribution is -2.43. The lowest BCUT2D eigenvalue weighted by molar-refractivity contribution is 0.118. The number of likely N-dealkylation sites (tertiary alicyclic amines) is 1. The van der Waals surface area contributed by atoms with Crippen LogP contribution >= 0.6 is 15.9 Å². The molecule has 39 heavy (non-hydrogen) atoms. The van der Waals surface area contributed by atoms with E-state index in [1.165, 1.54) is 29.1 Å². The molecule has 1 aliphatic rings. The minimum Gasteiger partial charge on any atom is -0.497 e. The number of hydrogen-bond donors (Lipinski definition) is 0. The van der Waals surface area contributed by atoms with E-state index < -0.39 is 0 Å². The first kappa shape index (κ1) is 27.4. The summed E-state index contributed by atoms with van der Waals surface area (Å²) in [6.45, 7) is 4.85. The van der Waals surface area contributed by atoms with Crippen molar-refractivity contribution >= 4 is 26.9 Å². The van der Waals surface area contributed by atoms with Gasteiger partial charge in [0.25, 0.3) is 0 Å². The van der Waals surface area contributed by atoms with Gasteiger partial charge in [-0.1, -0.05) is 46.3 Å². The van der Waals surface area contributed by atoms with E-state index in [-0.39, 0.29) is 5.43 Å². The number of ether oxygens (including phenoxy) is 2. The normalized spacial score (nSPS) is 14.7. The van der Waals surface area contributed by atoms with Crippen LogP contribution < -0.4 is 14.9 Å². The van der Waals surface area contributed by atoms with Gasteiger partial charge >= 0.3 is 0 Å². The van der Waals surface area contributed by atoms with E-state index in [1.54, 1.807) is 19.2 Å². The van der Waals surface area contributed by atoms with Crippen molar-refractivity contribution in [3.63, 3.8) is 0 Å². The van der Waals surface area contributed by atoms with E-state index in [0.717, 1.165) is 43.9 Å². The summed E-state index contributed by atoms with van der Waals surface area (Å²) in [6.07, 6.45) is 4.83. The van der Waals surface area contributed by atoms with Gasteiger partial charge in [0.05, 0.1) is 24.7 Å². The standard InChI is InChI=1S/C32H35BrN2O4/c1-34(25-14-17-35(18-15-25)21-24-6-3-4-7-30(24)33)16-5-19-38-27-12-13-28-31(20-27)39-22-29(32(28)36)23-8-10-26(37-2)11-9-23/h3-4,6-13,20,22,25H,5,14-19,21H2,1-2H3. The highest BCUT2D eigenvalue weighted by Crippen LogP contribution is 2.25. The molecule has 5 rings (SSSR count). The van der Waals surface area contributed by atoms with E-state index in [1.807, 2.05) is 30.3 Å². The number of fused-ring (bicyclic) bond motifs is 1. The Morgan fingerprint density at radius 1 is 1.03 bits per heavy atom. The fraction of sp³-hybridized carbons (Fsp3) is 0.344. The van der Waals surface area contributed by atoms with E-state index in [4.69, 9.17) is 13.9 Å². The van der Waals surface area contributed by atoms with Crippen LogP contribution in [0.1, 0.15) is 24.8 Å². The number of hydrogen-bond acceptors (Lipinski definition) is 6. The second-order valence-corrected chi connectivity index (χ2v) is 11.0. The molecule has 0 N–H and O–H groups in total. The molecule has 6 nitrogen and oxygen atoms in total. The highest BCUT2D eigenvalue weighted by atomic mass is 79.9. The summed E-state index contributed by atoms with van der Waals surface area (Å²) >= 11 is 3.67. The molecule has 1 aliphatic heterocycles. The van der Waals surface area contributed by atoms with E-state index >= 15 is 0 Å². The Balaban J connectivity index is 1.09. The van der Waals surface area contributed by atoms with E-state index in [9.17, 15) is 4.79 Å². The highest BCUT2D eigenvalue weighted by Gasteiger charge is 2.22. The summed E-state index contributed by atoms with van der Waals surface area (Å²) in [4.78, 5) is 18.1. The Morgan fingerprint density at radius 2 is 1.77 bits per heavy atom. The third kappa shape index (κ3) is 6.72. The quantitative estimate of drug-likeness (QED) is 0.194. The van der Waals surface area contributed by atoms with Gasteiger partial charge in [-0.25, -0.2) is 0 Å². The van der Waals surface area contributed by atoms with Crippen LogP contribution in [0.25, 0.3) is 22.1 Å². The minimum absolute atomic E-state index is 0.0583. The largest absolute Gasteiger partial charge is 0.497 e. The van der Waals surface area contributed by atoms with Gasteiger partial charge in [-0.2, -0.15) is 0 Å². The molecule has 1 saturated heterocycles. The molecule has 0 saturated carbocycles. The van der Waals surface area contributed by atoms with Gasteiger partial charge < -0.3 is 18.8 Å². The second-order valence-electron chi connectivity index (χ2n) is 10.1. The molecule has 4 aromatic rings. The summed E-state index contributed by atoms with van der Waals surface area (Å²) < 4.78 is 18.2. The molecule has 0 amide bonds. The van der Waals surface area contributed by atoms with Crippen molar-refractivity contribution in [3.05, 3.63) is 93.3 Å². The van der Waals surface area contributed by atoms with E-state index in [0.29, 0.717) is 34.9 Å². The Morgan fingerprint density at radius 3 is 2.51 bits per heavy atom. The summed E-state index contributed by atoms with van der Waals surface area (Å²) in [5.74, 6) is 1.46. The van der Waals surface area contributed by atoms with Gasteiger partial charge in [-0.05, 0) is 80.9 Å². The molecule has 2 heterocycles. The van der Waals surface area contributed by atoms with Crippen LogP contribution in [0.5, 0.6) is 11.5 Å². The monoisotopic (exact) mass is 590 g/mol. The maximum absolute atomic E-state index is 13.1. The fourth-order valence-electron chi connectivity index (χ4n) is 5.24. The van der Waals surface area contributed by atoms with Crippen LogP contribution in [-0.2, 0) is 6.54 Å². The zero-order valence-electron chi connectivity index (χ0n) is 22.6. The minimum atomic E-state index is -0.0583. The molecule has 1 aromatic heterocycles. The van der Waals surface area contributed by atoms with Crippen LogP contribution in [0.15, 0.2) is 86.7 Å². The first-order chi connectivity index (χ1) is 19.0. The average molecular weight is 592 g/mol. The van der Waals surface area contributed by atoms with Gasteiger partial charge in [0, 0.05) is 29.7 Å². The summed E-state index contributed by atoms with van der Waals surface area (Å²) in [6, 6.07) is 21.9. The first-order valence-electron chi connectivity index (χ1n) is 13.5. The molecular formula is C32H35BrN2O4. The summed E-state index contributed by atoms with van der Waals surface area (Å²) in [7, 11) is 3.84. The maximum atomic E-state index is 13.1. The van der Waals surface area contributed by atoms with Crippen molar-refractivity contribution in [2.75, 3.05) is 40.4 Å². The molecule has 1 fully saturated rings.